The van der Waals surface area contributed by atoms with Crippen molar-refractivity contribution in [1.82, 2.24) is 10.3 Å². The van der Waals surface area contributed by atoms with Gasteiger partial charge in [0.15, 0.2) is 5.13 Å². The highest BCUT2D eigenvalue weighted by Crippen LogP contribution is 2.32. The molecule has 5 aromatic rings. The van der Waals surface area contributed by atoms with Crippen LogP contribution >= 0.6 is 34.7 Å². The molecule has 0 fully saturated rings. The van der Waals surface area contributed by atoms with E-state index in [0.717, 1.165) is 16.0 Å². The summed E-state index contributed by atoms with van der Waals surface area (Å²) in [6.45, 7) is 6.18. The fourth-order valence-corrected chi connectivity index (χ4v) is 6.69. The normalized spacial score (nSPS) is 12.0. The average molecular weight is 695 g/mol. The molecule has 0 aliphatic carbocycles. The van der Waals surface area contributed by atoms with Gasteiger partial charge in [0.1, 0.15) is 5.70 Å². The maximum atomic E-state index is 13.6. The molecule has 0 spiro atoms. The first kappa shape index (κ1) is 34.6. The standard InChI is InChI=1S/C38H35ClN4O3S2/c1-4-34(37(46)43-38-42-33(23-47-38)30-15-8-9-16-31(30)39)48-29-14-10-13-28(22-29)40-36(45)32(41-35(44)27-11-6-5-7-12-27)21-25-17-19-26(20-18-25)24(2)3/h5-24,34H,4H2,1-3H3,(H,40,45)(H,41,44)(H,42,43,46)/b32-21+. The molecule has 0 saturated carbocycles. The number of benzene rings is 4. The molecule has 1 heterocycles. The summed E-state index contributed by atoms with van der Waals surface area (Å²) in [6.07, 6.45) is 2.23. The predicted octanol–water partition coefficient (Wildman–Crippen LogP) is 9.51. The van der Waals surface area contributed by atoms with Crippen LogP contribution in [-0.2, 0) is 9.59 Å². The van der Waals surface area contributed by atoms with E-state index in [9.17, 15) is 14.4 Å². The van der Waals surface area contributed by atoms with Crippen LogP contribution in [0.2, 0.25) is 5.02 Å². The summed E-state index contributed by atoms with van der Waals surface area (Å²) >= 11 is 9.06. The van der Waals surface area contributed by atoms with Crippen LogP contribution in [0.25, 0.3) is 17.3 Å². The van der Waals surface area contributed by atoms with Crippen LogP contribution in [0.3, 0.4) is 0 Å². The smallest absolute Gasteiger partial charge is 0.272 e. The Morgan fingerprint density at radius 3 is 2.33 bits per heavy atom. The Hall–Kier alpha value is -4.70. The van der Waals surface area contributed by atoms with Gasteiger partial charge in [-0.15, -0.1) is 23.1 Å². The van der Waals surface area contributed by atoms with Crippen LogP contribution in [0.4, 0.5) is 10.8 Å². The Kier molecular flexibility index (Phi) is 11.8. The van der Waals surface area contributed by atoms with Crippen LogP contribution in [0.1, 0.15) is 54.6 Å². The fourth-order valence-electron chi connectivity index (χ4n) is 4.73. The van der Waals surface area contributed by atoms with Crippen molar-refractivity contribution < 1.29 is 14.4 Å². The topological polar surface area (TPSA) is 100 Å². The van der Waals surface area contributed by atoms with Gasteiger partial charge in [-0.25, -0.2) is 4.98 Å². The zero-order chi connectivity index (χ0) is 34.0. The fraction of sp³-hybridized carbons (Fsp3) is 0.158. The zero-order valence-corrected chi connectivity index (χ0v) is 29.1. The van der Waals surface area contributed by atoms with E-state index in [-0.39, 0.29) is 11.6 Å². The first-order valence-corrected chi connectivity index (χ1v) is 17.6. The van der Waals surface area contributed by atoms with Gasteiger partial charge in [-0.2, -0.15) is 0 Å². The van der Waals surface area contributed by atoms with Gasteiger partial charge in [0.25, 0.3) is 11.8 Å². The maximum Gasteiger partial charge on any atom is 0.272 e. The van der Waals surface area contributed by atoms with Crippen LogP contribution in [0.15, 0.2) is 119 Å². The zero-order valence-electron chi connectivity index (χ0n) is 26.7. The van der Waals surface area contributed by atoms with Gasteiger partial charge in [0.05, 0.1) is 10.9 Å². The van der Waals surface area contributed by atoms with Gasteiger partial charge >= 0.3 is 0 Å². The van der Waals surface area contributed by atoms with Crippen LogP contribution in [0, 0.1) is 0 Å². The summed E-state index contributed by atoms with van der Waals surface area (Å²) in [5, 5.41) is 11.2. The Morgan fingerprint density at radius 1 is 0.896 bits per heavy atom. The van der Waals surface area contributed by atoms with Crippen molar-refractivity contribution in [2.24, 2.45) is 0 Å². The third-order valence-electron chi connectivity index (χ3n) is 7.36. The van der Waals surface area contributed by atoms with Crippen molar-refractivity contribution in [3.05, 3.63) is 136 Å². The second-order valence-electron chi connectivity index (χ2n) is 11.2. The molecule has 3 amide bonds. The minimum Gasteiger partial charge on any atom is -0.321 e. The van der Waals surface area contributed by atoms with Crippen molar-refractivity contribution in [2.45, 2.75) is 43.3 Å². The SMILES string of the molecule is CCC(Sc1cccc(NC(=O)/C(=C\c2ccc(C(C)C)cc2)NC(=O)c2ccccc2)c1)C(=O)Nc1nc(-c2ccccc2Cl)cs1. The Morgan fingerprint density at radius 2 is 1.62 bits per heavy atom. The molecule has 0 bridgehead atoms. The lowest BCUT2D eigenvalue weighted by Crippen LogP contribution is -2.30. The highest BCUT2D eigenvalue weighted by molar-refractivity contribution is 8.00. The number of anilines is 2. The number of carbonyl (C=O) groups excluding carboxylic acids is 3. The minimum atomic E-state index is -0.475. The molecule has 4 aromatic carbocycles. The van der Waals surface area contributed by atoms with E-state index in [2.05, 4.69) is 34.8 Å². The average Bonchev–Trinajstić information content (AvgIpc) is 3.55. The molecule has 0 aliphatic heterocycles. The van der Waals surface area contributed by atoms with E-state index in [4.69, 9.17) is 11.6 Å². The molecule has 1 unspecified atom stereocenters. The summed E-state index contributed by atoms with van der Waals surface area (Å²) in [6, 6.07) is 31.3. The predicted molar refractivity (Wildman–Crippen MR) is 199 cm³/mol. The number of aromatic nitrogens is 1. The summed E-state index contributed by atoms with van der Waals surface area (Å²) < 4.78 is 0. The third kappa shape index (κ3) is 9.22. The van der Waals surface area contributed by atoms with Gasteiger partial charge in [-0.05, 0) is 65.9 Å². The van der Waals surface area contributed by atoms with Crippen molar-refractivity contribution in [2.75, 3.05) is 10.6 Å². The molecule has 1 atom stereocenters. The van der Waals surface area contributed by atoms with E-state index in [1.165, 1.54) is 28.7 Å². The highest BCUT2D eigenvalue weighted by Gasteiger charge is 2.21. The molecule has 0 radical (unpaired) electrons. The van der Waals surface area contributed by atoms with Crippen LogP contribution in [-0.4, -0.2) is 28.0 Å². The molecular weight excluding hydrogens is 660 g/mol. The maximum absolute atomic E-state index is 13.6. The number of thioether (sulfide) groups is 1. The lowest BCUT2D eigenvalue weighted by atomic mass is 10.0. The Balaban J connectivity index is 1.29. The monoisotopic (exact) mass is 694 g/mol. The lowest BCUT2D eigenvalue weighted by molar-refractivity contribution is -0.116. The van der Waals surface area contributed by atoms with E-state index >= 15 is 0 Å². The number of thiazole rings is 1. The minimum absolute atomic E-state index is 0.102. The Labute approximate surface area is 293 Å². The summed E-state index contributed by atoms with van der Waals surface area (Å²) in [7, 11) is 0. The molecular formula is C38H35ClN4O3S2. The molecule has 1 aromatic heterocycles. The molecule has 7 nitrogen and oxygen atoms in total. The Bertz CT molecular complexity index is 1920. The van der Waals surface area contributed by atoms with E-state index in [1.54, 1.807) is 42.5 Å². The summed E-state index contributed by atoms with van der Waals surface area (Å²) in [5.74, 6) is -0.672. The second-order valence-corrected chi connectivity index (χ2v) is 13.7. The molecule has 0 aliphatic rings. The lowest BCUT2D eigenvalue weighted by Gasteiger charge is -2.15. The second kappa shape index (κ2) is 16.4. The number of hydrogen-bond donors (Lipinski definition) is 3. The largest absolute Gasteiger partial charge is 0.321 e. The van der Waals surface area contributed by atoms with E-state index in [0.29, 0.717) is 39.4 Å². The third-order valence-corrected chi connectivity index (χ3v) is 9.81. The van der Waals surface area contributed by atoms with Gasteiger partial charge < -0.3 is 16.0 Å². The molecule has 244 valence electrons. The van der Waals surface area contributed by atoms with Crippen molar-refractivity contribution in [3.8, 4) is 11.3 Å². The quantitative estimate of drug-likeness (QED) is 0.0892. The van der Waals surface area contributed by atoms with Crippen molar-refractivity contribution >= 4 is 69.3 Å². The van der Waals surface area contributed by atoms with E-state index < -0.39 is 17.1 Å². The number of nitrogens with one attached hydrogen (secondary N) is 3. The van der Waals surface area contributed by atoms with Gasteiger partial charge in [0.2, 0.25) is 5.91 Å². The number of rotatable bonds is 12. The van der Waals surface area contributed by atoms with Crippen molar-refractivity contribution in [1.29, 1.82) is 0 Å². The van der Waals surface area contributed by atoms with Crippen molar-refractivity contribution in [3.63, 3.8) is 0 Å². The number of carbonyl (C=O) groups is 3. The first-order valence-electron chi connectivity index (χ1n) is 15.5. The van der Waals surface area contributed by atoms with Gasteiger partial charge in [0, 0.05) is 32.1 Å². The van der Waals surface area contributed by atoms with Crippen LogP contribution in [0.5, 0.6) is 0 Å². The molecule has 5 rings (SSSR count). The highest BCUT2D eigenvalue weighted by atomic mass is 35.5. The number of halogens is 1. The van der Waals surface area contributed by atoms with E-state index in [1.807, 2.05) is 79.0 Å². The summed E-state index contributed by atoms with van der Waals surface area (Å²) in [5.41, 5.74) is 4.52. The molecule has 48 heavy (non-hydrogen) atoms. The molecule has 10 heteroatoms. The summed E-state index contributed by atoms with van der Waals surface area (Å²) in [4.78, 5) is 45.3. The van der Waals surface area contributed by atoms with Crippen LogP contribution < -0.4 is 16.0 Å². The number of nitrogens with zero attached hydrogens (tertiary/aromatic N) is 1. The molecule has 0 saturated heterocycles. The van der Waals surface area contributed by atoms with Gasteiger partial charge in [-0.3, -0.25) is 14.4 Å². The number of amides is 3. The molecule has 3 N–H and O–H groups in total. The first-order chi connectivity index (χ1) is 23.2. The van der Waals surface area contributed by atoms with Gasteiger partial charge in [-0.1, -0.05) is 99.1 Å². The number of hydrogen-bond acceptors (Lipinski definition) is 6.